The Morgan fingerprint density at radius 2 is 2.31 bits per heavy atom. The van der Waals surface area contributed by atoms with Crippen molar-refractivity contribution in [2.75, 3.05) is 36.9 Å². The Kier molecular flexibility index (Phi) is 3.34. The van der Waals surface area contributed by atoms with Crippen molar-refractivity contribution in [1.82, 2.24) is 5.32 Å². The molecule has 0 aromatic heterocycles. The Morgan fingerprint density at radius 1 is 1.50 bits per heavy atom. The molecule has 3 nitrogen and oxygen atoms in total. The summed E-state index contributed by atoms with van der Waals surface area (Å²) >= 11 is 0. The molecule has 0 spiro atoms. The molecule has 0 radical (unpaired) electrons. The van der Waals surface area contributed by atoms with Gasteiger partial charge in [-0.05, 0) is 30.8 Å². The van der Waals surface area contributed by atoms with Crippen LogP contribution < -0.4 is 15.5 Å². The van der Waals surface area contributed by atoms with Crippen molar-refractivity contribution in [3.05, 3.63) is 36.0 Å². The number of fused-ring (bicyclic) bond motifs is 1. The van der Waals surface area contributed by atoms with Crippen molar-refractivity contribution in [2.24, 2.45) is 0 Å². The van der Waals surface area contributed by atoms with Crippen molar-refractivity contribution < 1.29 is 0 Å². The average Bonchev–Trinajstić information content (AvgIpc) is 2.30. The molecule has 3 heteroatoms. The van der Waals surface area contributed by atoms with Gasteiger partial charge in [0.1, 0.15) is 0 Å². The summed E-state index contributed by atoms with van der Waals surface area (Å²) in [7, 11) is 1.94. The maximum absolute atomic E-state index is 3.42. The highest BCUT2D eigenvalue weighted by Crippen LogP contribution is 2.28. The normalized spacial score (nSPS) is 15.4. The van der Waals surface area contributed by atoms with E-state index in [0.717, 1.165) is 19.6 Å². The molecule has 16 heavy (non-hydrogen) atoms. The number of para-hydroxylation sites is 2. The van der Waals surface area contributed by atoms with Crippen LogP contribution in [-0.4, -0.2) is 26.7 Å². The summed E-state index contributed by atoms with van der Waals surface area (Å²) in [5, 5.41) is 6.50. The van der Waals surface area contributed by atoms with Gasteiger partial charge in [-0.25, -0.2) is 0 Å². The fourth-order valence-electron chi connectivity index (χ4n) is 2.10. The lowest BCUT2D eigenvalue weighted by Crippen LogP contribution is -2.35. The molecule has 0 aliphatic carbocycles. The van der Waals surface area contributed by atoms with Gasteiger partial charge in [-0.1, -0.05) is 12.1 Å². The van der Waals surface area contributed by atoms with Gasteiger partial charge in [0.05, 0.1) is 11.4 Å². The van der Waals surface area contributed by atoms with E-state index in [0.29, 0.717) is 0 Å². The lowest BCUT2D eigenvalue weighted by Gasteiger charge is -2.32. The van der Waals surface area contributed by atoms with Crippen LogP contribution in [0.3, 0.4) is 0 Å². The summed E-state index contributed by atoms with van der Waals surface area (Å²) in [5.41, 5.74) is 3.89. The van der Waals surface area contributed by atoms with Gasteiger partial charge in [-0.3, -0.25) is 0 Å². The Balaban J connectivity index is 2.16. The molecule has 1 aromatic carbocycles. The number of hydrogen-bond acceptors (Lipinski definition) is 3. The van der Waals surface area contributed by atoms with Crippen LogP contribution in [-0.2, 0) is 0 Å². The molecule has 2 N–H and O–H groups in total. The highest BCUT2D eigenvalue weighted by molar-refractivity contribution is 5.72. The predicted molar refractivity (Wildman–Crippen MR) is 70.0 cm³/mol. The van der Waals surface area contributed by atoms with E-state index in [1.165, 1.54) is 16.9 Å². The number of benzene rings is 1. The maximum Gasteiger partial charge on any atom is 0.0605 e. The summed E-state index contributed by atoms with van der Waals surface area (Å²) in [6.07, 6.45) is 2.06. The molecule has 1 aliphatic heterocycles. The molecule has 0 unspecified atom stereocenters. The smallest absolute Gasteiger partial charge is 0.0605 e. The summed E-state index contributed by atoms with van der Waals surface area (Å²) in [6.45, 7) is 5.22. The predicted octanol–water partition coefficient (Wildman–Crippen LogP) is 2.04. The van der Waals surface area contributed by atoms with E-state index in [4.69, 9.17) is 0 Å². The summed E-state index contributed by atoms with van der Waals surface area (Å²) < 4.78 is 0. The van der Waals surface area contributed by atoms with E-state index in [9.17, 15) is 0 Å². The monoisotopic (exact) mass is 217 g/mol. The molecule has 1 aromatic rings. The Hall–Kier alpha value is -1.64. The molecule has 0 saturated carbocycles. The second-order valence-electron chi connectivity index (χ2n) is 4.14. The molecule has 0 amide bonds. The van der Waals surface area contributed by atoms with Gasteiger partial charge < -0.3 is 15.5 Å². The van der Waals surface area contributed by atoms with Crippen molar-refractivity contribution in [3.8, 4) is 0 Å². The first kappa shape index (κ1) is 10.9. The number of nitrogens with zero attached hydrogens (tertiary/aromatic N) is 1. The van der Waals surface area contributed by atoms with Crippen LogP contribution in [0, 0.1) is 0 Å². The third-order valence-electron chi connectivity index (χ3n) is 2.77. The van der Waals surface area contributed by atoms with E-state index >= 15 is 0 Å². The van der Waals surface area contributed by atoms with Crippen molar-refractivity contribution >= 4 is 11.4 Å². The molecule has 0 bridgehead atoms. The van der Waals surface area contributed by atoms with Gasteiger partial charge in [0.2, 0.25) is 0 Å². The Labute approximate surface area is 97.2 Å². The standard InChI is InChI=1S/C13H19N3/c1-11(9-14-2)10-16-8-7-15-12-5-3-4-6-13(12)16/h3-6,9,14-15H,7-8,10H2,1-2H3/b11-9+. The van der Waals surface area contributed by atoms with Crippen LogP contribution in [0.4, 0.5) is 11.4 Å². The SMILES string of the molecule is CN/C=C(\C)CN1CCNc2ccccc21. The molecule has 1 aliphatic rings. The van der Waals surface area contributed by atoms with E-state index in [2.05, 4.69) is 52.9 Å². The van der Waals surface area contributed by atoms with Crippen LogP contribution in [0.15, 0.2) is 36.0 Å². The van der Waals surface area contributed by atoms with Crippen LogP contribution in [0.5, 0.6) is 0 Å². The van der Waals surface area contributed by atoms with Crippen LogP contribution in [0.25, 0.3) is 0 Å². The highest BCUT2D eigenvalue weighted by Gasteiger charge is 2.15. The third-order valence-corrected chi connectivity index (χ3v) is 2.77. The van der Waals surface area contributed by atoms with Gasteiger partial charge in [-0.15, -0.1) is 0 Å². The number of anilines is 2. The van der Waals surface area contributed by atoms with E-state index in [1.54, 1.807) is 0 Å². The Morgan fingerprint density at radius 3 is 3.12 bits per heavy atom. The molecular weight excluding hydrogens is 198 g/mol. The number of rotatable bonds is 3. The zero-order valence-electron chi connectivity index (χ0n) is 9.96. The van der Waals surface area contributed by atoms with Crippen molar-refractivity contribution in [2.45, 2.75) is 6.92 Å². The zero-order chi connectivity index (χ0) is 11.4. The first-order valence-corrected chi connectivity index (χ1v) is 5.72. The second-order valence-corrected chi connectivity index (χ2v) is 4.14. The van der Waals surface area contributed by atoms with Crippen LogP contribution in [0.1, 0.15) is 6.92 Å². The van der Waals surface area contributed by atoms with Gasteiger partial charge in [0.15, 0.2) is 0 Å². The lowest BCUT2D eigenvalue weighted by molar-refractivity contribution is 0.819. The van der Waals surface area contributed by atoms with Gasteiger partial charge in [0.25, 0.3) is 0 Å². The first-order chi connectivity index (χ1) is 7.81. The molecule has 0 saturated heterocycles. The molecular formula is C13H19N3. The molecule has 2 rings (SSSR count). The summed E-state index contributed by atoms with van der Waals surface area (Å²) in [6, 6.07) is 8.48. The van der Waals surface area contributed by atoms with E-state index < -0.39 is 0 Å². The maximum atomic E-state index is 3.42. The van der Waals surface area contributed by atoms with E-state index in [1.807, 2.05) is 7.05 Å². The minimum absolute atomic E-state index is 0.986. The Bertz CT molecular complexity index is 385. The second kappa shape index (κ2) is 4.92. The van der Waals surface area contributed by atoms with Gasteiger partial charge in [0, 0.05) is 26.7 Å². The number of nitrogens with one attached hydrogen (secondary N) is 2. The topological polar surface area (TPSA) is 27.3 Å². The molecule has 1 heterocycles. The van der Waals surface area contributed by atoms with Crippen molar-refractivity contribution in [1.29, 1.82) is 0 Å². The third kappa shape index (κ3) is 2.30. The largest absolute Gasteiger partial charge is 0.394 e. The number of hydrogen-bond donors (Lipinski definition) is 2. The average molecular weight is 217 g/mol. The minimum atomic E-state index is 0.986. The lowest BCUT2D eigenvalue weighted by atomic mass is 10.1. The zero-order valence-corrected chi connectivity index (χ0v) is 9.96. The van der Waals surface area contributed by atoms with E-state index in [-0.39, 0.29) is 0 Å². The highest BCUT2D eigenvalue weighted by atomic mass is 15.2. The minimum Gasteiger partial charge on any atom is -0.394 e. The fraction of sp³-hybridized carbons (Fsp3) is 0.385. The summed E-state index contributed by atoms with van der Waals surface area (Å²) in [4.78, 5) is 2.41. The molecule has 86 valence electrons. The van der Waals surface area contributed by atoms with Crippen molar-refractivity contribution in [3.63, 3.8) is 0 Å². The van der Waals surface area contributed by atoms with Gasteiger partial charge in [-0.2, -0.15) is 0 Å². The first-order valence-electron chi connectivity index (χ1n) is 5.72. The molecule has 0 fully saturated rings. The molecule has 0 atom stereocenters. The summed E-state index contributed by atoms with van der Waals surface area (Å²) in [5.74, 6) is 0. The van der Waals surface area contributed by atoms with Crippen LogP contribution >= 0.6 is 0 Å². The quantitative estimate of drug-likeness (QED) is 0.811. The van der Waals surface area contributed by atoms with Crippen LogP contribution in [0.2, 0.25) is 0 Å². The van der Waals surface area contributed by atoms with Gasteiger partial charge >= 0.3 is 0 Å². The fourth-order valence-corrected chi connectivity index (χ4v) is 2.10.